The Bertz CT molecular complexity index is 790. The third-order valence-electron chi connectivity index (χ3n) is 7.67. The van der Waals surface area contributed by atoms with Crippen LogP contribution in [0, 0.1) is 11.8 Å². The van der Waals surface area contributed by atoms with E-state index in [1.165, 1.54) is 12.8 Å². The number of methoxy groups -OCH3 is 1. The number of hydrogen-bond acceptors (Lipinski definition) is 5. The molecule has 0 aliphatic carbocycles. The second kappa shape index (κ2) is 8.17. The zero-order chi connectivity index (χ0) is 20.7. The molecule has 4 aliphatic heterocycles. The van der Waals surface area contributed by atoms with Gasteiger partial charge in [0.2, 0.25) is 11.8 Å². The van der Waals surface area contributed by atoms with Gasteiger partial charge in [-0.3, -0.25) is 14.5 Å². The highest BCUT2D eigenvalue weighted by Gasteiger charge is 2.45. The van der Waals surface area contributed by atoms with Crippen molar-refractivity contribution in [2.24, 2.45) is 11.8 Å². The molecule has 3 atom stereocenters. The minimum atomic E-state index is 0.0653. The number of carbonyl (C=O) groups is 2. The SMILES string of the molecule is COc1ccc(C(=O)N2CCC(N3CC4CC(C3)[C@H]3CCCC(=O)N3C4)CC2)cn1. The third kappa shape index (κ3) is 3.68. The third-order valence-corrected chi connectivity index (χ3v) is 7.67. The molecule has 5 heterocycles. The van der Waals surface area contributed by atoms with Crippen LogP contribution < -0.4 is 4.74 Å². The lowest BCUT2D eigenvalue weighted by Crippen LogP contribution is -2.62. The molecule has 0 saturated carbocycles. The van der Waals surface area contributed by atoms with Gasteiger partial charge >= 0.3 is 0 Å². The van der Waals surface area contributed by atoms with Gasteiger partial charge in [0, 0.05) is 63.5 Å². The van der Waals surface area contributed by atoms with Crippen LogP contribution in [0.25, 0.3) is 0 Å². The van der Waals surface area contributed by atoms with Crippen molar-refractivity contribution in [2.75, 3.05) is 39.8 Å². The van der Waals surface area contributed by atoms with Crippen molar-refractivity contribution in [1.29, 1.82) is 0 Å². The number of hydrogen-bond donors (Lipinski definition) is 0. The van der Waals surface area contributed by atoms with Gasteiger partial charge < -0.3 is 14.5 Å². The molecule has 1 aromatic rings. The summed E-state index contributed by atoms with van der Waals surface area (Å²) < 4.78 is 5.08. The number of fused-ring (bicyclic) bond motifs is 4. The van der Waals surface area contributed by atoms with Crippen LogP contribution >= 0.6 is 0 Å². The lowest BCUT2D eigenvalue weighted by atomic mass is 9.75. The number of ether oxygens (including phenoxy) is 1. The molecule has 5 rings (SSSR count). The van der Waals surface area contributed by atoms with Gasteiger partial charge in [-0.05, 0) is 50.0 Å². The van der Waals surface area contributed by atoms with Crippen molar-refractivity contribution in [3.8, 4) is 5.88 Å². The molecular weight excluding hydrogens is 380 g/mol. The van der Waals surface area contributed by atoms with Crippen LogP contribution in [0.2, 0.25) is 0 Å². The van der Waals surface area contributed by atoms with Gasteiger partial charge in [-0.1, -0.05) is 0 Å². The van der Waals surface area contributed by atoms with E-state index in [2.05, 4.69) is 14.8 Å². The molecule has 2 unspecified atom stereocenters. The first-order chi connectivity index (χ1) is 14.6. The van der Waals surface area contributed by atoms with Gasteiger partial charge in [0.25, 0.3) is 5.91 Å². The Balaban J connectivity index is 1.18. The number of pyridine rings is 1. The number of likely N-dealkylation sites (tertiary alicyclic amines) is 2. The first-order valence-corrected chi connectivity index (χ1v) is 11.4. The molecule has 1 aromatic heterocycles. The van der Waals surface area contributed by atoms with E-state index in [1.54, 1.807) is 25.4 Å². The van der Waals surface area contributed by atoms with Gasteiger partial charge in [-0.15, -0.1) is 0 Å². The molecule has 7 heteroatoms. The average molecular weight is 413 g/mol. The van der Waals surface area contributed by atoms with Crippen LogP contribution in [0.1, 0.15) is 48.9 Å². The van der Waals surface area contributed by atoms with E-state index in [9.17, 15) is 9.59 Å². The maximum Gasteiger partial charge on any atom is 0.255 e. The van der Waals surface area contributed by atoms with Crippen molar-refractivity contribution >= 4 is 11.8 Å². The van der Waals surface area contributed by atoms with Crippen LogP contribution in [-0.2, 0) is 4.79 Å². The minimum absolute atomic E-state index is 0.0653. The van der Waals surface area contributed by atoms with Gasteiger partial charge in [-0.2, -0.15) is 0 Å². The molecule has 7 nitrogen and oxygen atoms in total. The van der Waals surface area contributed by atoms with Gasteiger partial charge in [0.1, 0.15) is 0 Å². The molecule has 4 aliphatic rings. The van der Waals surface area contributed by atoms with E-state index in [-0.39, 0.29) is 5.91 Å². The van der Waals surface area contributed by atoms with E-state index in [4.69, 9.17) is 4.74 Å². The van der Waals surface area contributed by atoms with Crippen LogP contribution in [0.5, 0.6) is 5.88 Å². The summed E-state index contributed by atoms with van der Waals surface area (Å²) in [6.45, 7) is 4.78. The maximum atomic E-state index is 12.8. The van der Waals surface area contributed by atoms with Crippen molar-refractivity contribution < 1.29 is 14.3 Å². The fraction of sp³-hybridized carbons (Fsp3) is 0.696. The molecule has 2 bridgehead atoms. The summed E-state index contributed by atoms with van der Waals surface area (Å²) in [5.41, 5.74) is 0.629. The molecule has 4 saturated heterocycles. The van der Waals surface area contributed by atoms with Crippen molar-refractivity contribution in [1.82, 2.24) is 19.7 Å². The number of amides is 2. The molecule has 2 amide bonds. The van der Waals surface area contributed by atoms with E-state index < -0.39 is 0 Å². The molecule has 162 valence electrons. The average Bonchev–Trinajstić information content (AvgIpc) is 2.79. The monoisotopic (exact) mass is 412 g/mol. The number of piperidine rings is 4. The zero-order valence-corrected chi connectivity index (χ0v) is 17.8. The highest BCUT2D eigenvalue weighted by molar-refractivity contribution is 5.94. The van der Waals surface area contributed by atoms with Crippen molar-refractivity contribution in [3.63, 3.8) is 0 Å². The summed E-state index contributed by atoms with van der Waals surface area (Å²) in [6.07, 6.45) is 7.94. The summed E-state index contributed by atoms with van der Waals surface area (Å²) in [7, 11) is 1.58. The standard InChI is InChI=1S/C23H32N4O3/c1-30-21-6-5-17(12-24-21)23(29)25-9-7-19(8-10-25)26-13-16-11-18(15-26)20-3-2-4-22(28)27(20)14-16/h5-6,12,16,18-20H,2-4,7-11,13-15H2,1H3/t16?,18?,20-/m1/s1. The summed E-state index contributed by atoms with van der Waals surface area (Å²) in [6, 6.07) is 4.56. The zero-order valence-electron chi connectivity index (χ0n) is 17.8. The normalized spacial score (nSPS) is 30.2. The lowest BCUT2D eigenvalue weighted by Gasteiger charge is -2.54. The quantitative estimate of drug-likeness (QED) is 0.760. The predicted octanol–water partition coefficient (Wildman–Crippen LogP) is 2.03. The Morgan fingerprint density at radius 2 is 1.97 bits per heavy atom. The molecule has 0 N–H and O–H groups in total. The van der Waals surface area contributed by atoms with Crippen LogP contribution in [0.4, 0.5) is 0 Å². The number of carbonyl (C=O) groups excluding carboxylic acids is 2. The Hall–Kier alpha value is -2.15. The van der Waals surface area contributed by atoms with E-state index in [0.717, 1.165) is 58.4 Å². The molecule has 0 spiro atoms. The number of rotatable bonds is 3. The van der Waals surface area contributed by atoms with E-state index in [1.807, 2.05) is 4.90 Å². The smallest absolute Gasteiger partial charge is 0.255 e. The highest BCUT2D eigenvalue weighted by atomic mass is 16.5. The highest BCUT2D eigenvalue weighted by Crippen LogP contribution is 2.39. The summed E-state index contributed by atoms with van der Waals surface area (Å²) in [5.74, 6) is 2.22. The molecule has 4 fully saturated rings. The maximum absolute atomic E-state index is 12.8. The number of aromatic nitrogens is 1. The van der Waals surface area contributed by atoms with Gasteiger partial charge in [-0.25, -0.2) is 4.98 Å². The second-order valence-corrected chi connectivity index (χ2v) is 9.43. The van der Waals surface area contributed by atoms with Crippen molar-refractivity contribution in [2.45, 2.75) is 50.6 Å². The van der Waals surface area contributed by atoms with Gasteiger partial charge in [0.15, 0.2) is 0 Å². The Labute approximate surface area is 178 Å². The van der Waals surface area contributed by atoms with E-state index in [0.29, 0.717) is 41.3 Å². The minimum Gasteiger partial charge on any atom is -0.481 e. The lowest BCUT2D eigenvalue weighted by molar-refractivity contribution is -0.145. The Morgan fingerprint density at radius 1 is 1.13 bits per heavy atom. The molecular formula is C23H32N4O3. The second-order valence-electron chi connectivity index (χ2n) is 9.43. The van der Waals surface area contributed by atoms with Crippen LogP contribution in [-0.4, -0.2) is 83.4 Å². The summed E-state index contributed by atoms with van der Waals surface area (Å²) in [5, 5.41) is 0. The van der Waals surface area contributed by atoms with E-state index >= 15 is 0 Å². The fourth-order valence-electron chi connectivity index (χ4n) is 6.19. The first-order valence-electron chi connectivity index (χ1n) is 11.4. The molecule has 0 radical (unpaired) electrons. The Morgan fingerprint density at radius 3 is 2.70 bits per heavy atom. The summed E-state index contributed by atoms with van der Waals surface area (Å²) >= 11 is 0. The van der Waals surface area contributed by atoms with Crippen molar-refractivity contribution in [3.05, 3.63) is 23.9 Å². The Kier molecular flexibility index (Phi) is 5.39. The summed E-state index contributed by atoms with van der Waals surface area (Å²) in [4.78, 5) is 36.2. The van der Waals surface area contributed by atoms with Crippen LogP contribution in [0.3, 0.4) is 0 Å². The largest absolute Gasteiger partial charge is 0.481 e. The van der Waals surface area contributed by atoms with Gasteiger partial charge in [0.05, 0.1) is 12.7 Å². The first kappa shape index (κ1) is 19.8. The fourth-order valence-corrected chi connectivity index (χ4v) is 6.19. The topological polar surface area (TPSA) is 66.0 Å². The number of nitrogens with zero attached hydrogens (tertiary/aromatic N) is 4. The molecule has 30 heavy (non-hydrogen) atoms. The molecule has 0 aromatic carbocycles. The predicted molar refractivity (Wildman–Crippen MR) is 112 cm³/mol. The van der Waals surface area contributed by atoms with Crippen LogP contribution in [0.15, 0.2) is 18.3 Å².